The highest BCUT2D eigenvalue weighted by molar-refractivity contribution is 5.80. The normalized spacial score (nSPS) is 25.9. The quantitative estimate of drug-likeness (QED) is 0.604. The fourth-order valence-electron chi connectivity index (χ4n) is 2.71. The molecule has 2 aliphatic rings. The first kappa shape index (κ1) is 13.8. The van der Waals surface area contributed by atoms with Crippen molar-refractivity contribution in [1.82, 2.24) is 5.32 Å². The molecule has 104 valence electrons. The Bertz CT molecular complexity index is 243. The van der Waals surface area contributed by atoms with Crippen LogP contribution in [-0.2, 0) is 14.3 Å². The van der Waals surface area contributed by atoms with Crippen LogP contribution in [0.25, 0.3) is 0 Å². The lowest BCUT2D eigenvalue weighted by molar-refractivity contribution is -0.130. The average Bonchev–Trinajstić information content (AvgIpc) is 2.80. The van der Waals surface area contributed by atoms with Crippen molar-refractivity contribution in [2.75, 3.05) is 19.8 Å². The Kier molecular flexibility index (Phi) is 5.94. The first-order valence-corrected chi connectivity index (χ1v) is 7.37. The van der Waals surface area contributed by atoms with Crippen LogP contribution in [0, 0.1) is 0 Å². The zero-order valence-electron chi connectivity index (χ0n) is 11.2. The zero-order chi connectivity index (χ0) is 12.6. The minimum Gasteiger partial charge on any atom is -0.376 e. The van der Waals surface area contributed by atoms with E-state index in [1.165, 1.54) is 38.5 Å². The lowest BCUT2D eigenvalue weighted by Gasteiger charge is -2.16. The summed E-state index contributed by atoms with van der Waals surface area (Å²) in [5.41, 5.74) is 0. The minimum atomic E-state index is -0.220. The molecule has 1 saturated heterocycles. The third-order valence-corrected chi connectivity index (χ3v) is 3.78. The van der Waals surface area contributed by atoms with E-state index in [0.29, 0.717) is 19.3 Å². The van der Waals surface area contributed by atoms with E-state index in [2.05, 4.69) is 5.32 Å². The molecule has 0 radical (unpaired) electrons. The van der Waals surface area contributed by atoms with E-state index in [1.807, 2.05) is 0 Å². The Balaban J connectivity index is 1.53. The summed E-state index contributed by atoms with van der Waals surface area (Å²) in [6.45, 7) is 1.95. The molecule has 2 rings (SSSR count). The molecule has 1 aliphatic heterocycles. The lowest BCUT2D eigenvalue weighted by atomic mass is 10.1. The van der Waals surface area contributed by atoms with Gasteiger partial charge in [-0.1, -0.05) is 25.7 Å². The molecule has 0 unspecified atom stereocenters. The van der Waals surface area contributed by atoms with Gasteiger partial charge in [-0.2, -0.15) is 0 Å². The molecule has 0 aromatic rings. The molecule has 0 spiro atoms. The van der Waals surface area contributed by atoms with Crippen LogP contribution < -0.4 is 5.32 Å². The smallest absolute Gasteiger partial charge is 0.249 e. The molecular weight excluding hydrogens is 230 g/mol. The number of rotatable bonds is 5. The van der Waals surface area contributed by atoms with Gasteiger partial charge < -0.3 is 14.8 Å². The highest BCUT2D eigenvalue weighted by Gasteiger charge is 2.23. The Morgan fingerprint density at radius 3 is 2.56 bits per heavy atom. The van der Waals surface area contributed by atoms with Gasteiger partial charge in [0.25, 0.3) is 0 Å². The molecule has 1 amide bonds. The molecular formula is C14H25NO3. The van der Waals surface area contributed by atoms with Crippen LogP contribution >= 0.6 is 0 Å². The number of hydrogen-bond acceptors (Lipinski definition) is 3. The molecule has 4 heteroatoms. The lowest BCUT2D eigenvalue weighted by Crippen LogP contribution is -2.36. The maximum Gasteiger partial charge on any atom is 0.249 e. The van der Waals surface area contributed by atoms with Crippen LogP contribution in [0.2, 0.25) is 0 Å². The highest BCUT2D eigenvalue weighted by atomic mass is 16.5. The van der Waals surface area contributed by atoms with Crippen molar-refractivity contribution in [1.29, 1.82) is 0 Å². The third kappa shape index (κ3) is 4.58. The van der Waals surface area contributed by atoms with Gasteiger partial charge in [0.2, 0.25) is 5.91 Å². The molecule has 0 aromatic heterocycles. The van der Waals surface area contributed by atoms with Crippen LogP contribution in [0.5, 0.6) is 0 Å². The van der Waals surface area contributed by atoms with Crippen molar-refractivity contribution in [3.8, 4) is 0 Å². The molecule has 0 aromatic carbocycles. The molecule has 1 saturated carbocycles. The van der Waals surface area contributed by atoms with Gasteiger partial charge in [-0.25, -0.2) is 0 Å². The monoisotopic (exact) mass is 255 g/mol. The fraction of sp³-hybridized carbons (Fsp3) is 0.929. The molecule has 0 bridgehead atoms. The second-order valence-electron chi connectivity index (χ2n) is 5.28. The van der Waals surface area contributed by atoms with Gasteiger partial charge in [-0.05, 0) is 25.7 Å². The van der Waals surface area contributed by atoms with Crippen LogP contribution in [0.3, 0.4) is 0 Å². The standard InChI is InChI=1S/C14H25NO3/c16-14(13-8-5-10-18-13)15-9-11-17-12-6-3-1-2-4-7-12/h12-13H,1-11H2,(H,15,16)/t13-/m1/s1. The van der Waals surface area contributed by atoms with Crippen LogP contribution in [0.4, 0.5) is 0 Å². The molecule has 2 fully saturated rings. The summed E-state index contributed by atoms with van der Waals surface area (Å²) in [5, 5.41) is 2.89. The first-order chi connectivity index (χ1) is 8.86. The second kappa shape index (κ2) is 7.74. The third-order valence-electron chi connectivity index (χ3n) is 3.78. The Labute approximate surface area is 109 Å². The Hall–Kier alpha value is -0.610. The summed E-state index contributed by atoms with van der Waals surface area (Å²) in [5.74, 6) is 0.0250. The van der Waals surface area contributed by atoms with E-state index in [1.54, 1.807) is 0 Å². The maximum absolute atomic E-state index is 11.7. The number of nitrogens with one attached hydrogen (secondary N) is 1. The molecule has 1 aliphatic carbocycles. The average molecular weight is 255 g/mol. The summed E-state index contributed by atoms with van der Waals surface area (Å²) in [6.07, 6.45) is 9.66. The number of amides is 1. The largest absolute Gasteiger partial charge is 0.376 e. The SMILES string of the molecule is O=C(NCCOC1CCCCCC1)[C@H]1CCCO1. The first-order valence-electron chi connectivity index (χ1n) is 7.37. The van der Waals surface area contributed by atoms with E-state index >= 15 is 0 Å². The van der Waals surface area contributed by atoms with E-state index in [9.17, 15) is 4.79 Å². The molecule has 4 nitrogen and oxygen atoms in total. The van der Waals surface area contributed by atoms with Crippen molar-refractivity contribution in [3.05, 3.63) is 0 Å². The van der Waals surface area contributed by atoms with Crippen molar-refractivity contribution in [3.63, 3.8) is 0 Å². The predicted octanol–water partition coefficient (Wildman–Crippen LogP) is 2.02. The van der Waals surface area contributed by atoms with Crippen molar-refractivity contribution in [2.45, 2.75) is 63.6 Å². The number of carbonyl (C=O) groups is 1. The predicted molar refractivity (Wildman–Crippen MR) is 69.4 cm³/mol. The van der Waals surface area contributed by atoms with E-state index in [-0.39, 0.29) is 12.0 Å². The highest BCUT2D eigenvalue weighted by Crippen LogP contribution is 2.19. The van der Waals surface area contributed by atoms with E-state index in [0.717, 1.165) is 19.4 Å². The summed E-state index contributed by atoms with van der Waals surface area (Å²) < 4.78 is 11.1. The van der Waals surface area contributed by atoms with Crippen molar-refractivity contribution >= 4 is 5.91 Å². The molecule has 1 heterocycles. The van der Waals surface area contributed by atoms with E-state index in [4.69, 9.17) is 9.47 Å². The summed E-state index contributed by atoms with van der Waals surface area (Å²) in [7, 11) is 0. The summed E-state index contributed by atoms with van der Waals surface area (Å²) in [6, 6.07) is 0. The van der Waals surface area contributed by atoms with Crippen LogP contribution in [-0.4, -0.2) is 37.9 Å². The Morgan fingerprint density at radius 2 is 1.89 bits per heavy atom. The second-order valence-corrected chi connectivity index (χ2v) is 5.28. The number of hydrogen-bond donors (Lipinski definition) is 1. The van der Waals surface area contributed by atoms with Gasteiger partial charge in [0.1, 0.15) is 6.10 Å². The summed E-state index contributed by atoms with van der Waals surface area (Å²) in [4.78, 5) is 11.7. The van der Waals surface area contributed by atoms with Crippen LogP contribution in [0.1, 0.15) is 51.4 Å². The van der Waals surface area contributed by atoms with Gasteiger partial charge in [-0.3, -0.25) is 4.79 Å². The topological polar surface area (TPSA) is 47.6 Å². The molecule has 1 atom stereocenters. The van der Waals surface area contributed by atoms with Gasteiger partial charge in [-0.15, -0.1) is 0 Å². The van der Waals surface area contributed by atoms with Gasteiger partial charge in [0.15, 0.2) is 0 Å². The van der Waals surface area contributed by atoms with Crippen molar-refractivity contribution in [2.24, 2.45) is 0 Å². The molecule has 1 N–H and O–H groups in total. The van der Waals surface area contributed by atoms with Gasteiger partial charge in [0, 0.05) is 13.2 Å². The molecule has 18 heavy (non-hydrogen) atoms. The zero-order valence-corrected chi connectivity index (χ0v) is 11.2. The minimum absolute atomic E-state index is 0.0250. The van der Waals surface area contributed by atoms with Gasteiger partial charge >= 0.3 is 0 Å². The number of ether oxygens (including phenoxy) is 2. The van der Waals surface area contributed by atoms with E-state index < -0.39 is 0 Å². The van der Waals surface area contributed by atoms with Crippen molar-refractivity contribution < 1.29 is 14.3 Å². The van der Waals surface area contributed by atoms with Gasteiger partial charge in [0.05, 0.1) is 12.7 Å². The summed E-state index contributed by atoms with van der Waals surface area (Å²) >= 11 is 0. The number of carbonyl (C=O) groups excluding carboxylic acids is 1. The maximum atomic E-state index is 11.7. The fourth-order valence-corrected chi connectivity index (χ4v) is 2.71. The Morgan fingerprint density at radius 1 is 1.11 bits per heavy atom. The van der Waals surface area contributed by atoms with Crippen LogP contribution in [0.15, 0.2) is 0 Å².